The van der Waals surface area contributed by atoms with Gasteiger partial charge in [-0.15, -0.1) is 11.3 Å². The minimum absolute atomic E-state index is 0.186. The molecule has 0 aliphatic carbocycles. The van der Waals surface area contributed by atoms with E-state index in [1.165, 1.54) is 18.0 Å². The van der Waals surface area contributed by atoms with Crippen molar-refractivity contribution in [1.29, 1.82) is 0 Å². The number of hydrogen-bond acceptors (Lipinski definition) is 7. The Labute approximate surface area is 166 Å². The molecule has 146 valence electrons. The summed E-state index contributed by atoms with van der Waals surface area (Å²) in [6, 6.07) is 9.57. The number of rotatable bonds is 3. The molecule has 0 bridgehead atoms. The molecule has 3 aromatic rings. The standard InChI is InChI=1S/C20H22N4O3S/c1-22-8-3-9-23(11-10-22)14-4-6-15(7-5-14)24-13-21-16-12-17(20(26)27-2)28-18(16)19(24)25/h4-7,12-13H,3,8-11H2,1-2H3. The van der Waals surface area contributed by atoms with E-state index < -0.39 is 5.97 Å². The van der Waals surface area contributed by atoms with E-state index in [1.807, 2.05) is 24.3 Å². The fraction of sp³-hybridized carbons (Fsp3) is 0.350. The molecule has 28 heavy (non-hydrogen) atoms. The topological polar surface area (TPSA) is 67.7 Å². The van der Waals surface area contributed by atoms with Crippen LogP contribution in [-0.4, -0.2) is 60.8 Å². The van der Waals surface area contributed by atoms with Crippen LogP contribution in [-0.2, 0) is 4.74 Å². The number of benzene rings is 1. The molecule has 7 nitrogen and oxygen atoms in total. The van der Waals surface area contributed by atoms with Gasteiger partial charge in [0.2, 0.25) is 0 Å². The first-order chi connectivity index (χ1) is 13.6. The highest BCUT2D eigenvalue weighted by Crippen LogP contribution is 2.23. The number of likely N-dealkylation sites (N-methyl/N-ethyl adjacent to an activating group) is 1. The third-order valence-corrected chi connectivity index (χ3v) is 6.13. The van der Waals surface area contributed by atoms with E-state index in [4.69, 9.17) is 4.74 Å². The molecule has 1 aromatic carbocycles. The number of methoxy groups -OCH3 is 1. The Balaban J connectivity index is 1.63. The molecule has 0 radical (unpaired) electrons. The van der Waals surface area contributed by atoms with Crippen LogP contribution < -0.4 is 10.5 Å². The Morgan fingerprint density at radius 2 is 1.86 bits per heavy atom. The number of carbonyl (C=O) groups excluding carboxylic acids is 1. The molecule has 1 saturated heterocycles. The molecule has 1 aliphatic rings. The van der Waals surface area contributed by atoms with Crippen LogP contribution in [0.4, 0.5) is 5.69 Å². The van der Waals surface area contributed by atoms with Crippen molar-refractivity contribution in [1.82, 2.24) is 14.5 Å². The van der Waals surface area contributed by atoms with Crippen LogP contribution in [0.2, 0.25) is 0 Å². The quantitative estimate of drug-likeness (QED) is 0.631. The van der Waals surface area contributed by atoms with Crippen molar-refractivity contribution >= 4 is 33.2 Å². The lowest BCUT2D eigenvalue weighted by molar-refractivity contribution is 0.0606. The molecular weight excluding hydrogens is 376 g/mol. The van der Waals surface area contributed by atoms with Crippen molar-refractivity contribution in [3.8, 4) is 5.69 Å². The van der Waals surface area contributed by atoms with Crippen molar-refractivity contribution in [2.45, 2.75) is 6.42 Å². The molecule has 0 saturated carbocycles. The first kappa shape index (κ1) is 18.6. The summed E-state index contributed by atoms with van der Waals surface area (Å²) < 4.78 is 6.69. The van der Waals surface area contributed by atoms with Crippen molar-refractivity contribution < 1.29 is 9.53 Å². The summed E-state index contributed by atoms with van der Waals surface area (Å²) in [5, 5.41) is 0. The maximum absolute atomic E-state index is 12.9. The largest absolute Gasteiger partial charge is 0.465 e. The number of aromatic nitrogens is 2. The Bertz CT molecular complexity index is 1060. The third kappa shape index (κ3) is 3.53. The first-order valence-electron chi connectivity index (χ1n) is 9.20. The number of hydrogen-bond donors (Lipinski definition) is 0. The fourth-order valence-electron chi connectivity index (χ4n) is 3.43. The molecule has 3 heterocycles. The SMILES string of the molecule is COC(=O)c1cc2ncn(-c3ccc(N4CCCN(C)CC4)cc3)c(=O)c2s1. The Hall–Kier alpha value is -2.71. The van der Waals surface area contributed by atoms with E-state index in [9.17, 15) is 9.59 Å². The number of thiophene rings is 1. The summed E-state index contributed by atoms with van der Waals surface area (Å²) >= 11 is 1.11. The Kier molecular flexibility index (Phi) is 5.15. The van der Waals surface area contributed by atoms with Gasteiger partial charge in [-0.2, -0.15) is 0 Å². The van der Waals surface area contributed by atoms with E-state index in [2.05, 4.69) is 21.8 Å². The number of fused-ring (bicyclic) bond motifs is 1. The van der Waals surface area contributed by atoms with E-state index >= 15 is 0 Å². The minimum Gasteiger partial charge on any atom is -0.465 e. The average molecular weight is 398 g/mol. The molecule has 8 heteroatoms. The summed E-state index contributed by atoms with van der Waals surface area (Å²) in [6.07, 6.45) is 2.65. The lowest BCUT2D eigenvalue weighted by Gasteiger charge is -2.23. The summed E-state index contributed by atoms with van der Waals surface area (Å²) in [4.78, 5) is 34.0. The molecule has 1 aliphatic heterocycles. The number of carbonyl (C=O) groups is 1. The van der Waals surface area contributed by atoms with Gasteiger partial charge >= 0.3 is 5.97 Å². The highest BCUT2D eigenvalue weighted by Gasteiger charge is 2.16. The predicted molar refractivity (Wildman–Crippen MR) is 111 cm³/mol. The predicted octanol–water partition coefficient (Wildman–Crippen LogP) is 2.38. The Morgan fingerprint density at radius 3 is 2.61 bits per heavy atom. The summed E-state index contributed by atoms with van der Waals surface area (Å²) in [7, 11) is 3.47. The summed E-state index contributed by atoms with van der Waals surface area (Å²) in [5.41, 5.74) is 2.24. The van der Waals surface area contributed by atoms with Gasteiger partial charge in [0.25, 0.3) is 5.56 Å². The third-order valence-electron chi connectivity index (χ3n) is 5.04. The highest BCUT2D eigenvalue weighted by atomic mass is 32.1. The zero-order valence-electron chi connectivity index (χ0n) is 15.9. The second-order valence-electron chi connectivity index (χ2n) is 6.90. The normalized spacial score (nSPS) is 15.6. The molecule has 0 spiro atoms. The molecule has 0 unspecified atom stereocenters. The van der Waals surface area contributed by atoms with Crippen LogP contribution in [0.25, 0.3) is 15.9 Å². The number of esters is 1. The minimum atomic E-state index is -0.457. The van der Waals surface area contributed by atoms with Gasteiger partial charge in [-0.05, 0) is 50.3 Å². The maximum Gasteiger partial charge on any atom is 0.348 e. The molecular formula is C20H22N4O3S. The van der Waals surface area contributed by atoms with Gasteiger partial charge in [0.1, 0.15) is 15.9 Å². The van der Waals surface area contributed by atoms with Crippen LogP contribution >= 0.6 is 11.3 Å². The zero-order chi connectivity index (χ0) is 19.7. The van der Waals surface area contributed by atoms with Gasteiger partial charge in [-0.1, -0.05) is 0 Å². The summed E-state index contributed by atoms with van der Waals surface area (Å²) in [5.74, 6) is -0.457. The van der Waals surface area contributed by atoms with Crippen molar-refractivity contribution in [2.75, 3.05) is 45.2 Å². The van der Waals surface area contributed by atoms with Crippen LogP contribution in [0.3, 0.4) is 0 Å². The average Bonchev–Trinajstić information content (AvgIpc) is 3.04. The van der Waals surface area contributed by atoms with E-state index in [-0.39, 0.29) is 5.56 Å². The van der Waals surface area contributed by atoms with Crippen molar-refractivity contribution in [2.24, 2.45) is 0 Å². The molecule has 4 rings (SSSR count). The zero-order valence-corrected chi connectivity index (χ0v) is 16.7. The van der Waals surface area contributed by atoms with Gasteiger partial charge < -0.3 is 14.5 Å². The lowest BCUT2D eigenvalue weighted by atomic mass is 10.2. The molecule has 1 fully saturated rings. The van der Waals surface area contributed by atoms with Crippen LogP contribution in [0, 0.1) is 0 Å². The molecule has 2 aromatic heterocycles. The van der Waals surface area contributed by atoms with Gasteiger partial charge in [-0.3, -0.25) is 9.36 Å². The fourth-order valence-corrected chi connectivity index (χ4v) is 4.39. The number of nitrogens with zero attached hydrogens (tertiary/aromatic N) is 4. The first-order valence-corrected chi connectivity index (χ1v) is 10.0. The Morgan fingerprint density at radius 1 is 1.11 bits per heavy atom. The smallest absolute Gasteiger partial charge is 0.348 e. The molecule has 0 N–H and O–H groups in total. The summed E-state index contributed by atoms with van der Waals surface area (Å²) in [6.45, 7) is 4.18. The van der Waals surface area contributed by atoms with E-state index in [1.54, 1.807) is 6.07 Å². The lowest BCUT2D eigenvalue weighted by Crippen LogP contribution is -2.28. The van der Waals surface area contributed by atoms with E-state index in [0.29, 0.717) is 15.1 Å². The van der Waals surface area contributed by atoms with Crippen LogP contribution in [0.15, 0.2) is 41.5 Å². The maximum atomic E-state index is 12.9. The van der Waals surface area contributed by atoms with Gasteiger partial charge in [-0.25, -0.2) is 9.78 Å². The monoisotopic (exact) mass is 398 g/mol. The van der Waals surface area contributed by atoms with Gasteiger partial charge in [0, 0.05) is 25.3 Å². The number of anilines is 1. The number of ether oxygens (including phenoxy) is 1. The van der Waals surface area contributed by atoms with Crippen molar-refractivity contribution in [3.05, 3.63) is 51.9 Å². The van der Waals surface area contributed by atoms with Gasteiger partial charge in [0.05, 0.1) is 18.3 Å². The molecule has 0 atom stereocenters. The molecule has 0 amide bonds. The van der Waals surface area contributed by atoms with Crippen LogP contribution in [0.1, 0.15) is 16.1 Å². The second-order valence-corrected chi connectivity index (χ2v) is 7.95. The highest BCUT2D eigenvalue weighted by molar-refractivity contribution is 7.20. The van der Waals surface area contributed by atoms with Crippen molar-refractivity contribution in [3.63, 3.8) is 0 Å². The van der Waals surface area contributed by atoms with Gasteiger partial charge in [0.15, 0.2) is 0 Å². The van der Waals surface area contributed by atoms with Crippen LogP contribution in [0.5, 0.6) is 0 Å². The second kappa shape index (κ2) is 7.73. The van der Waals surface area contributed by atoms with E-state index in [0.717, 1.165) is 55.3 Å².